The van der Waals surface area contributed by atoms with Crippen LogP contribution >= 0.6 is 0 Å². The first-order valence-electron chi connectivity index (χ1n) is 7.30. The van der Waals surface area contributed by atoms with Crippen molar-refractivity contribution in [1.82, 2.24) is 4.98 Å². The number of ketones is 1. The summed E-state index contributed by atoms with van der Waals surface area (Å²) in [7, 11) is 1.29. The number of methoxy groups -OCH3 is 1. The maximum Gasteiger partial charge on any atom is 0.339 e. The Kier molecular flexibility index (Phi) is 4.39. The van der Waals surface area contributed by atoms with Gasteiger partial charge in [-0.15, -0.1) is 0 Å². The maximum absolute atomic E-state index is 12.4. The van der Waals surface area contributed by atoms with Gasteiger partial charge in [0.2, 0.25) is 5.78 Å². The van der Waals surface area contributed by atoms with E-state index in [0.717, 1.165) is 6.42 Å². The van der Waals surface area contributed by atoms with Crippen molar-refractivity contribution in [2.24, 2.45) is 11.8 Å². The molecule has 0 bridgehead atoms. The number of aromatic amines is 1. The molecular weight excluding hydrogens is 286 g/mol. The molecule has 0 unspecified atom stereocenters. The van der Waals surface area contributed by atoms with Crippen molar-refractivity contribution in [2.45, 2.75) is 40.2 Å². The lowest BCUT2D eigenvalue weighted by atomic mass is 10.1. The van der Waals surface area contributed by atoms with Gasteiger partial charge in [-0.3, -0.25) is 9.59 Å². The molecule has 0 aliphatic heterocycles. The average Bonchev–Trinajstić information content (AvgIpc) is 3.12. The van der Waals surface area contributed by atoms with Gasteiger partial charge in [-0.1, -0.05) is 6.92 Å². The zero-order valence-corrected chi connectivity index (χ0v) is 13.5. The molecule has 2 rings (SSSR count). The smallest absolute Gasteiger partial charge is 0.339 e. The molecule has 1 fully saturated rings. The predicted octanol–water partition coefficient (Wildman–Crippen LogP) is 2.19. The lowest BCUT2D eigenvalue weighted by Gasteiger charge is -2.12. The molecule has 1 saturated carbocycles. The molecule has 0 aromatic carbocycles. The minimum Gasteiger partial charge on any atom is -0.465 e. The number of aromatic nitrogens is 1. The summed E-state index contributed by atoms with van der Waals surface area (Å²) in [4.78, 5) is 38.9. The van der Waals surface area contributed by atoms with Crippen LogP contribution in [0.25, 0.3) is 0 Å². The minimum atomic E-state index is -0.887. The van der Waals surface area contributed by atoms with E-state index in [-0.39, 0.29) is 23.4 Å². The maximum atomic E-state index is 12.4. The third-order valence-electron chi connectivity index (χ3n) is 4.15. The third kappa shape index (κ3) is 2.91. The number of esters is 2. The fraction of sp³-hybridized carbons (Fsp3) is 0.562. The molecule has 6 nitrogen and oxygen atoms in total. The molecule has 0 radical (unpaired) electrons. The Labute approximate surface area is 129 Å². The Hall–Kier alpha value is -2.11. The van der Waals surface area contributed by atoms with Gasteiger partial charge in [0.15, 0.2) is 6.10 Å². The van der Waals surface area contributed by atoms with Crippen molar-refractivity contribution in [1.29, 1.82) is 0 Å². The molecule has 1 aromatic heterocycles. The Morgan fingerprint density at radius 2 is 1.86 bits per heavy atom. The largest absolute Gasteiger partial charge is 0.465 e. The van der Waals surface area contributed by atoms with Crippen LogP contribution in [-0.4, -0.2) is 35.9 Å². The SMILES string of the molecule is COC(=O)c1c(C)[nH]c(C(=O)[C@H](C)OC(=O)[C@H]2C[C@H]2C)c1C. The molecule has 0 spiro atoms. The lowest BCUT2D eigenvalue weighted by molar-refractivity contribution is -0.148. The molecule has 1 aromatic rings. The fourth-order valence-electron chi connectivity index (χ4n) is 2.57. The quantitative estimate of drug-likeness (QED) is 0.665. The van der Waals surface area contributed by atoms with Gasteiger partial charge in [0.1, 0.15) is 0 Å². The number of carbonyl (C=O) groups is 3. The normalized spacial score (nSPS) is 21.1. The van der Waals surface area contributed by atoms with Crippen LogP contribution in [-0.2, 0) is 14.3 Å². The first-order chi connectivity index (χ1) is 10.3. The highest BCUT2D eigenvalue weighted by Crippen LogP contribution is 2.39. The number of H-pyrrole nitrogens is 1. The number of nitrogens with one attached hydrogen (secondary N) is 1. The number of hydrogen-bond acceptors (Lipinski definition) is 5. The molecule has 0 saturated heterocycles. The second-order valence-corrected chi connectivity index (χ2v) is 5.88. The Morgan fingerprint density at radius 3 is 2.36 bits per heavy atom. The number of carbonyl (C=O) groups excluding carboxylic acids is 3. The molecule has 1 aliphatic carbocycles. The minimum absolute atomic E-state index is 0.0904. The molecule has 3 atom stereocenters. The number of ether oxygens (including phenoxy) is 2. The standard InChI is InChI=1S/C16H21NO5/c1-7-6-11(7)15(19)22-10(4)14(18)13-8(2)12(9(3)17-13)16(20)21-5/h7,10-11,17H,6H2,1-5H3/t7-,10+,11+/m1/s1. The van der Waals surface area contributed by atoms with Gasteiger partial charge in [0.05, 0.1) is 24.3 Å². The summed E-state index contributed by atoms with van der Waals surface area (Å²) >= 11 is 0. The van der Waals surface area contributed by atoms with Crippen LogP contribution in [0.3, 0.4) is 0 Å². The van der Waals surface area contributed by atoms with Gasteiger partial charge in [-0.2, -0.15) is 0 Å². The van der Waals surface area contributed by atoms with Crippen LogP contribution < -0.4 is 0 Å². The van der Waals surface area contributed by atoms with Crippen LogP contribution in [0.2, 0.25) is 0 Å². The Balaban J connectivity index is 2.15. The summed E-state index contributed by atoms with van der Waals surface area (Å²) in [6, 6.07) is 0. The summed E-state index contributed by atoms with van der Waals surface area (Å²) in [6.45, 7) is 6.87. The number of Topliss-reactive ketones (excluding diaryl/α,β-unsaturated/α-hetero) is 1. The van der Waals surface area contributed by atoms with Crippen LogP contribution in [0.15, 0.2) is 0 Å². The van der Waals surface area contributed by atoms with Gasteiger partial charge in [0, 0.05) is 5.69 Å². The van der Waals surface area contributed by atoms with Crippen molar-refractivity contribution in [3.63, 3.8) is 0 Å². The highest BCUT2D eigenvalue weighted by Gasteiger charge is 2.41. The van der Waals surface area contributed by atoms with Crippen molar-refractivity contribution < 1.29 is 23.9 Å². The van der Waals surface area contributed by atoms with E-state index in [0.29, 0.717) is 22.7 Å². The van der Waals surface area contributed by atoms with E-state index in [2.05, 4.69) is 4.98 Å². The highest BCUT2D eigenvalue weighted by molar-refractivity contribution is 6.04. The van der Waals surface area contributed by atoms with Gasteiger partial charge < -0.3 is 14.5 Å². The van der Waals surface area contributed by atoms with Gasteiger partial charge in [0.25, 0.3) is 0 Å². The van der Waals surface area contributed by atoms with Crippen molar-refractivity contribution in [3.05, 3.63) is 22.5 Å². The van der Waals surface area contributed by atoms with Crippen LogP contribution in [0.5, 0.6) is 0 Å². The Bertz CT molecular complexity index is 631. The van der Waals surface area contributed by atoms with E-state index in [4.69, 9.17) is 9.47 Å². The zero-order valence-electron chi connectivity index (χ0n) is 13.5. The van der Waals surface area contributed by atoms with Gasteiger partial charge in [-0.05, 0) is 38.7 Å². The van der Waals surface area contributed by atoms with Gasteiger partial charge >= 0.3 is 11.9 Å². The fourth-order valence-corrected chi connectivity index (χ4v) is 2.57. The predicted molar refractivity (Wildman–Crippen MR) is 78.8 cm³/mol. The first-order valence-corrected chi connectivity index (χ1v) is 7.30. The van der Waals surface area contributed by atoms with Crippen LogP contribution in [0.4, 0.5) is 0 Å². The molecule has 1 N–H and O–H groups in total. The molecule has 1 heterocycles. The number of aryl methyl sites for hydroxylation is 1. The highest BCUT2D eigenvalue weighted by atomic mass is 16.5. The topological polar surface area (TPSA) is 85.5 Å². The van der Waals surface area contributed by atoms with Crippen LogP contribution in [0, 0.1) is 25.7 Å². The molecule has 1 aliphatic rings. The van der Waals surface area contributed by atoms with Crippen molar-refractivity contribution >= 4 is 17.7 Å². The Morgan fingerprint density at radius 1 is 1.27 bits per heavy atom. The average molecular weight is 307 g/mol. The zero-order chi connectivity index (χ0) is 16.6. The van der Waals surface area contributed by atoms with E-state index in [9.17, 15) is 14.4 Å². The molecule has 0 amide bonds. The molecule has 120 valence electrons. The monoisotopic (exact) mass is 307 g/mol. The second-order valence-electron chi connectivity index (χ2n) is 5.88. The number of rotatable bonds is 5. The van der Waals surface area contributed by atoms with E-state index < -0.39 is 12.1 Å². The second kappa shape index (κ2) is 5.94. The van der Waals surface area contributed by atoms with E-state index in [1.807, 2.05) is 6.92 Å². The van der Waals surface area contributed by atoms with Gasteiger partial charge in [-0.25, -0.2) is 4.79 Å². The van der Waals surface area contributed by atoms with Crippen LogP contribution in [0.1, 0.15) is 52.4 Å². The van der Waals surface area contributed by atoms with Crippen molar-refractivity contribution in [2.75, 3.05) is 7.11 Å². The van der Waals surface area contributed by atoms with E-state index in [1.165, 1.54) is 7.11 Å². The molecule has 22 heavy (non-hydrogen) atoms. The van der Waals surface area contributed by atoms with E-state index in [1.54, 1.807) is 20.8 Å². The first kappa shape index (κ1) is 16.3. The third-order valence-corrected chi connectivity index (χ3v) is 4.15. The van der Waals surface area contributed by atoms with Crippen molar-refractivity contribution in [3.8, 4) is 0 Å². The summed E-state index contributed by atoms with van der Waals surface area (Å²) in [5.74, 6) is -0.941. The lowest BCUT2D eigenvalue weighted by Crippen LogP contribution is -2.26. The molecule has 6 heteroatoms. The molecular formula is C16H21NO5. The summed E-state index contributed by atoms with van der Waals surface area (Å²) in [6.07, 6.45) is -0.0742. The summed E-state index contributed by atoms with van der Waals surface area (Å²) in [5, 5.41) is 0. The summed E-state index contributed by atoms with van der Waals surface area (Å²) in [5.41, 5.74) is 1.70. The van der Waals surface area contributed by atoms with E-state index >= 15 is 0 Å². The number of hydrogen-bond donors (Lipinski definition) is 1. The summed E-state index contributed by atoms with van der Waals surface area (Å²) < 4.78 is 9.94.